The summed E-state index contributed by atoms with van der Waals surface area (Å²) in [6, 6.07) is 18.0. The van der Waals surface area contributed by atoms with Crippen molar-refractivity contribution in [3.05, 3.63) is 70.7 Å². The van der Waals surface area contributed by atoms with Gasteiger partial charge in [-0.25, -0.2) is 4.68 Å². The number of aromatic nitrogens is 3. The number of nitrogens with two attached hydrogens (primary N) is 1. The molecule has 2 N–H and O–H groups in total. The standard InChI is InChI=1S/C17H15BrN4S/c18-15-10-4-9-14(12-15)16-20-21-17(22(16)19)23-11-5-8-13-6-2-1-3-7-13/h1-10,12H,11,19H2/b8-5+. The molecule has 0 radical (unpaired) electrons. The van der Waals surface area contributed by atoms with Crippen LogP contribution in [0, 0.1) is 0 Å². The summed E-state index contributed by atoms with van der Waals surface area (Å²) in [5.41, 5.74) is 2.11. The molecule has 23 heavy (non-hydrogen) atoms. The first-order valence-corrected chi connectivity index (χ1v) is 8.83. The van der Waals surface area contributed by atoms with E-state index in [4.69, 9.17) is 5.84 Å². The molecule has 116 valence electrons. The lowest BCUT2D eigenvalue weighted by molar-refractivity contribution is 0.851. The third-order valence-corrected chi connectivity index (χ3v) is 4.55. The lowest BCUT2D eigenvalue weighted by atomic mass is 10.2. The van der Waals surface area contributed by atoms with Crippen molar-refractivity contribution in [2.45, 2.75) is 5.16 Å². The summed E-state index contributed by atoms with van der Waals surface area (Å²) in [7, 11) is 0. The van der Waals surface area contributed by atoms with E-state index >= 15 is 0 Å². The van der Waals surface area contributed by atoms with E-state index in [2.05, 4.69) is 50.4 Å². The highest BCUT2D eigenvalue weighted by atomic mass is 79.9. The van der Waals surface area contributed by atoms with Gasteiger partial charge in [-0.15, -0.1) is 10.2 Å². The van der Waals surface area contributed by atoms with Crippen molar-refractivity contribution < 1.29 is 0 Å². The van der Waals surface area contributed by atoms with Gasteiger partial charge in [-0.3, -0.25) is 0 Å². The van der Waals surface area contributed by atoms with E-state index in [-0.39, 0.29) is 0 Å². The van der Waals surface area contributed by atoms with Gasteiger partial charge in [0, 0.05) is 15.8 Å². The lowest BCUT2D eigenvalue weighted by Gasteiger charge is -2.03. The topological polar surface area (TPSA) is 56.7 Å². The predicted octanol–water partition coefficient (Wildman–Crippen LogP) is 4.23. The molecule has 0 bridgehead atoms. The van der Waals surface area contributed by atoms with Gasteiger partial charge in [0.05, 0.1) is 0 Å². The monoisotopic (exact) mass is 386 g/mol. The molecule has 0 spiro atoms. The molecular formula is C17H15BrN4S. The maximum Gasteiger partial charge on any atom is 0.210 e. The average Bonchev–Trinajstić information content (AvgIpc) is 2.93. The summed E-state index contributed by atoms with van der Waals surface area (Å²) in [6.45, 7) is 0. The Morgan fingerprint density at radius 1 is 1.09 bits per heavy atom. The number of nitrogens with zero attached hydrogens (tertiary/aromatic N) is 3. The molecule has 0 aliphatic rings. The number of benzene rings is 2. The highest BCUT2D eigenvalue weighted by Crippen LogP contribution is 2.24. The van der Waals surface area contributed by atoms with Crippen LogP contribution >= 0.6 is 27.7 Å². The number of hydrogen-bond acceptors (Lipinski definition) is 4. The number of thioether (sulfide) groups is 1. The minimum Gasteiger partial charge on any atom is -0.335 e. The summed E-state index contributed by atoms with van der Waals surface area (Å²) in [5.74, 6) is 7.54. The van der Waals surface area contributed by atoms with E-state index in [0.717, 1.165) is 15.8 Å². The van der Waals surface area contributed by atoms with Crippen molar-refractivity contribution in [3.63, 3.8) is 0 Å². The van der Waals surface area contributed by atoms with Crippen LogP contribution in [0.25, 0.3) is 17.5 Å². The zero-order valence-electron chi connectivity index (χ0n) is 12.3. The smallest absolute Gasteiger partial charge is 0.210 e. The normalized spacial score (nSPS) is 11.2. The van der Waals surface area contributed by atoms with Gasteiger partial charge in [0.15, 0.2) is 5.82 Å². The maximum absolute atomic E-state index is 6.11. The molecule has 3 rings (SSSR count). The number of halogens is 1. The molecule has 0 saturated heterocycles. The SMILES string of the molecule is Nn1c(SC/C=C/c2ccccc2)nnc1-c1cccc(Br)c1. The molecule has 2 aromatic carbocycles. The molecular weight excluding hydrogens is 372 g/mol. The van der Waals surface area contributed by atoms with Gasteiger partial charge < -0.3 is 5.84 Å². The lowest BCUT2D eigenvalue weighted by Crippen LogP contribution is -2.11. The van der Waals surface area contributed by atoms with Gasteiger partial charge in [0.2, 0.25) is 5.16 Å². The van der Waals surface area contributed by atoms with E-state index in [9.17, 15) is 0 Å². The zero-order chi connectivity index (χ0) is 16.1. The van der Waals surface area contributed by atoms with E-state index in [1.807, 2.05) is 42.5 Å². The Labute approximate surface area is 147 Å². The number of hydrogen-bond donors (Lipinski definition) is 1. The highest BCUT2D eigenvalue weighted by Gasteiger charge is 2.11. The Bertz CT molecular complexity index is 814. The summed E-state index contributed by atoms with van der Waals surface area (Å²) in [5, 5.41) is 9.05. The van der Waals surface area contributed by atoms with Gasteiger partial charge >= 0.3 is 0 Å². The highest BCUT2D eigenvalue weighted by molar-refractivity contribution is 9.10. The van der Waals surface area contributed by atoms with Gasteiger partial charge in [-0.2, -0.15) is 0 Å². The van der Waals surface area contributed by atoms with Gasteiger partial charge in [-0.1, -0.05) is 82.3 Å². The third-order valence-electron chi connectivity index (χ3n) is 3.17. The van der Waals surface area contributed by atoms with Crippen molar-refractivity contribution in [2.75, 3.05) is 11.6 Å². The van der Waals surface area contributed by atoms with E-state index < -0.39 is 0 Å². The van der Waals surface area contributed by atoms with Crippen LogP contribution < -0.4 is 5.84 Å². The fourth-order valence-corrected chi connectivity index (χ4v) is 3.14. The fourth-order valence-electron chi connectivity index (χ4n) is 2.07. The second kappa shape index (κ2) is 7.48. The first kappa shape index (κ1) is 15.8. The van der Waals surface area contributed by atoms with Crippen LogP contribution in [-0.4, -0.2) is 20.6 Å². The predicted molar refractivity (Wildman–Crippen MR) is 99.5 cm³/mol. The minimum absolute atomic E-state index is 0.654. The second-order valence-corrected chi connectivity index (χ2v) is 6.71. The van der Waals surface area contributed by atoms with Crippen molar-refractivity contribution in [1.82, 2.24) is 14.9 Å². The number of nitrogen functional groups attached to an aromatic ring is 1. The van der Waals surface area contributed by atoms with Gasteiger partial charge in [0.25, 0.3) is 0 Å². The molecule has 0 atom stereocenters. The zero-order valence-corrected chi connectivity index (χ0v) is 14.7. The van der Waals surface area contributed by atoms with Crippen molar-refractivity contribution in [1.29, 1.82) is 0 Å². The summed E-state index contributed by atoms with van der Waals surface area (Å²) < 4.78 is 2.51. The maximum atomic E-state index is 6.11. The molecule has 1 heterocycles. The molecule has 6 heteroatoms. The number of rotatable bonds is 5. The largest absolute Gasteiger partial charge is 0.335 e. The summed E-state index contributed by atoms with van der Waals surface area (Å²) in [6.07, 6.45) is 4.17. The summed E-state index contributed by atoms with van der Waals surface area (Å²) >= 11 is 5.00. The average molecular weight is 387 g/mol. The van der Waals surface area contributed by atoms with Crippen molar-refractivity contribution >= 4 is 33.8 Å². The van der Waals surface area contributed by atoms with Crippen LogP contribution in [0.3, 0.4) is 0 Å². The van der Waals surface area contributed by atoms with Gasteiger partial charge in [-0.05, 0) is 17.7 Å². The van der Waals surface area contributed by atoms with Crippen LogP contribution in [0.2, 0.25) is 0 Å². The van der Waals surface area contributed by atoms with E-state index in [0.29, 0.717) is 11.0 Å². The molecule has 0 unspecified atom stereocenters. The van der Waals surface area contributed by atoms with Crippen molar-refractivity contribution in [3.8, 4) is 11.4 Å². The van der Waals surface area contributed by atoms with Crippen LogP contribution in [0.4, 0.5) is 0 Å². The molecule has 0 saturated carbocycles. The molecule has 3 aromatic rings. The van der Waals surface area contributed by atoms with Gasteiger partial charge in [0.1, 0.15) is 0 Å². The van der Waals surface area contributed by atoms with Crippen LogP contribution in [-0.2, 0) is 0 Å². The first-order valence-electron chi connectivity index (χ1n) is 7.05. The fraction of sp³-hybridized carbons (Fsp3) is 0.0588. The Morgan fingerprint density at radius 2 is 1.91 bits per heavy atom. The Kier molecular flexibility index (Phi) is 5.15. The quantitative estimate of drug-likeness (QED) is 0.526. The van der Waals surface area contributed by atoms with Crippen LogP contribution in [0.5, 0.6) is 0 Å². The first-order chi connectivity index (χ1) is 11.2. The molecule has 0 amide bonds. The van der Waals surface area contributed by atoms with Crippen LogP contribution in [0.1, 0.15) is 5.56 Å². The summed E-state index contributed by atoms with van der Waals surface area (Å²) in [4.78, 5) is 0. The van der Waals surface area contributed by atoms with Crippen molar-refractivity contribution in [2.24, 2.45) is 0 Å². The van der Waals surface area contributed by atoms with Crippen LogP contribution in [0.15, 0.2) is 70.3 Å². The minimum atomic E-state index is 0.654. The Balaban J connectivity index is 1.67. The third kappa shape index (κ3) is 4.03. The van der Waals surface area contributed by atoms with E-state index in [1.165, 1.54) is 10.2 Å². The molecule has 4 nitrogen and oxygen atoms in total. The Morgan fingerprint density at radius 3 is 2.70 bits per heavy atom. The molecule has 0 aliphatic heterocycles. The second-order valence-electron chi connectivity index (χ2n) is 4.81. The molecule has 1 aromatic heterocycles. The van der Waals surface area contributed by atoms with E-state index in [1.54, 1.807) is 11.8 Å². The molecule has 0 aliphatic carbocycles. The molecule has 0 fully saturated rings. The Hall–Kier alpha value is -2.05.